The maximum Gasteiger partial charge on any atom is 0.414 e. The molecule has 0 N–H and O–H groups in total. The summed E-state index contributed by atoms with van der Waals surface area (Å²) in [4.78, 5) is 0. The van der Waals surface area contributed by atoms with Gasteiger partial charge in [0.25, 0.3) is 0 Å². The second-order valence-electron chi connectivity index (χ2n) is 13.9. The maximum absolute atomic E-state index is 7.69. The van der Waals surface area contributed by atoms with Crippen LogP contribution in [0, 0.1) is 0 Å². The smallest absolute Gasteiger partial charge is 0.391 e. The molecule has 15 heteroatoms. The summed E-state index contributed by atoms with van der Waals surface area (Å²) in [5, 5.41) is 0. The van der Waals surface area contributed by atoms with Gasteiger partial charge in [-0.05, 0) is 70.5 Å². The summed E-state index contributed by atoms with van der Waals surface area (Å²) < 4.78 is 49.6. The van der Waals surface area contributed by atoms with Gasteiger partial charge in [-0.1, -0.05) is 69.2 Å². The predicted octanol–water partition coefficient (Wildman–Crippen LogP) is 4.64. The zero-order valence-electron chi connectivity index (χ0n) is 29.7. The van der Waals surface area contributed by atoms with E-state index in [9.17, 15) is 0 Å². The van der Waals surface area contributed by atoms with Gasteiger partial charge in [0, 0.05) is 27.7 Å². The van der Waals surface area contributed by atoms with Crippen LogP contribution in [0.15, 0.2) is 0 Å². The van der Waals surface area contributed by atoms with E-state index in [1.807, 2.05) is 0 Å². The average molecular weight is 656 g/mol. The van der Waals surface area contributed by atoms with Gasteiger partial charge in [0.05, 0.1) is 0 Å². The van der Waals surface area contributed by atoms with Gasteiger partial charge < -0.3 is 20.6 Å². The molecule has 0 aromatic rings. The molecule has 0 bridgehead atoms. The fourth-order valence-corrected chi connectivity index (χ4v) is 38.8. The lowest BCUT2D eigenvalue weighted by molar-refractivity contribution is 0.104. The van der Waals surface area contributed by atoms with Crippen LogP contribution in [0.5, 0.6) is 0 Å². The number of hydrogen-bond acceptors (Lipinski definition) is 10. The Labute approximate surface area is 253 Å². The van der Waals surface area contributed by atoms with Crippen molar-refractivity contribution in [1.82, 2.24) is 22.8 Å². The van der Waals surface area contributed by atoms with E-state index in [1.54, 1.807) is 0 Å². The Balaban J connectivity index is 4.57. The molecule has 0 aromatic heterocycles. The molecule has 1 saturated heterocycles. The van der Waals surface area contributed by atoms with Crippen molar-refractivity contribution in [2.45, 2.75) is 96.9 Å². The topological polar surface area (TPSA) is 62.3 Å². The van der Waals surface area contributed by atoms with Crippen molar-refractivity contribution < 1.29 is 20.6 Å². The molecule has 0 aromatic carbocycles. The molecule has 10 nitrogen and oxygen atoms in total. The Hall–Kier alpha value is 0.684. The highest BCUT2D eigenvalue weighted by Crippen LogP contribution is 2.47. The molecule has 1 aliphatic heterocycles. The average Bonchev–Trinajstić information content (AvgIpc) is 2.79. The molecule has 0 aliphatic carbocycles. The monoisotopic (exact) mass is 655 g/mol. The van der Waals surface area contributed by atoms with Gasteiger partial charge in [-0.2, -0.15) is 0 Å². The van der Waals surface area contributed by atoms with Gasteiger partial charge in [-0.3, -0.25) is 22.8 Å². The fraction of sp³-hybridized carbons (Fsp3) is 1.00. The minimum atomic E-state index is -3.19. The van der Waals surface area contributed by atoms with Gasteiger partial charge in [-0.15, -0.1) is 0 Å². The van der Waals surface area contributed by atoms with Crippen LogP contribution in [0.3, 0.4) is 0 Å². The summed E-state index contributed by atoms with van der Waals surface area (Å²) in [6.45, 7) is 22.3. The molecule has 240 valence electrons. The predicted molar refractivity (Wildman–Crippen MR) is 178 cm³/mol. The molecular formula is C25H65N5O5Si5. The van der Waals surface area contributed by atoms with Crippen molar-refractivity contribution in [1.29, 1.82) is 0 Å². The third-order valence-corrected chi connectivity index (χ3v) is 33.5. The quantitative estimate of drug-likeness (QED) is 0.311. The first-order valence-electron chi connectivity index (χ1n) is 14.8. The highest BCUT2D eigenvalue weighted by atomic mass is 28.5. The molecule has 0 spiro atoms. The Kier molecular flexibility index (Phi) is 13.3. The molecule has 0 atom stereocenters. The van der Waals surface area contributed by atoms with Gasteiger partial charge in [0.15, 0.2) is 0 Å². The van der Waals surface area contributed by atoms with Crippen LogP contribution in [0.1, 0.15) is 69.2 Å². The number of nitrogens with zero attached hydrogens (tertiary/aromatic N) is 5. The van der Waals surface area contributed by atoms with Crippen LogP contribution in [0.4, 0.5) is 0 Å². The van der Waals surface area contributed by atoms with Crippen LogP contribution in [-0.2, 0) is 20.6 Å². The molecule has 0 amide bonds. The summed E-state index contributed by atoms with van der Waals surface area (Å²) >= 11 is 0. The molecular weight excluding hydrogens is 591 g/mol. The van der Waals surface area contributed by atoms with Crippen LogP contribution < -0.4 is 0 Å². The number of hydrogen-bond donors (Lipinski definition) is 0. The highest BCUT2D eigenvalue weighted by Gasteiger charge is 2.70. The lowest BCUT2D eigenvalue weighted by Crippen LogP contribution is -2.82. The highest BCUT2D eigenvalue weighted by molar-refractivity contribution is 6.94. The SMILES string of the molecule is CC(C)[Si]1(N(C)C)O[Si](C(C)C)(N(C)C)O[Si](C(C)C)(N(C)C)O[Si](C(C)C)(N(C)C)O[Si](C(C)C)(N(C)C)O1. The van der Waals surface area contributed by atoms with Crippen molar-refractivity contribution in [3.05, 3.63) is 0 Å². The Bertz CT molecular complexity index is 604. The molecule has 0 unspecified atom stereocenters. The van der Waals surface area contributed by atoms with E-state index in [4.69, 9.17) is 20.6 Å². The minimum absolute atomic E-state index is 0.107. The Morgan fingerprint density at radius 2 is 0.375 bits per heavy atom. The summed E-state index contributed by atoms with van der Waals surface area (Å²) in [7, 11) is 5.15. The maximum atomic E-state index is 7.69. The van der Waals surface area contributed by atoms with E-state index >= 15 is 0 Å². The normalized spacial score (nSPS) is 35.2. The Morgan fingerprint density at radius 3 is 0.425 bits per heavy atom. The molecule has 1 fully saturated rings. The first-order chi connectivity index (χ1) is 18.0. The third-order valence-electron chi connectivity index (χ3n) is 8.23. The van der Waals surface area contributed by atoms with E-state index in [1.165, 1.54) is 0 Å². The van der Waals surface area contributed by atoms with Crippen LogP contribution in [0.25, 0.3) is 0 Å². The largest absolute Gasteiger partial charge is 0.414 e. The minimum Gasteiger partial charge on any atom is -0.391 e. The fourth-order valence-electron chi connectivity index (χ4n) is 5.83. The van der Waals surface area contributed by atoms with Gasteiger partial charge >= 0.3 is 43.6 Å². The van der Waals surface area contributed by atoms with E-state index < -0.39 is 43.6 Å². The lowest BCUT2D eigenvalue weighted by atomic mass is 10.6. The summed E-state index contributed by atoms with van der Waals surface area (Å²) in [6.07, 6.45) is 0. The van der Waals surface area contributed by atoms with Gasteiger partial charge in [0.2, 0.25) is 0 Å². The number of rotatable bonds is 10. The van der Waals surface area contributed by atoms with Crippen molar-refractivity contribution in [2.24, 2.45) is 0 Å². The molecule has 1 rings (SSSR count). The van der Waals surface area contributed by atoms with Gasteiger partial charge in [0.1, 0.15) is 0 Å². The second-order valence-corrected chi connectivity index (χ2v) is 34.5. The van der Waals surface area contributed by atoms with Crippen molar-refractivity contribution in [2.75, 3.05) is 70.5 Å². The zero-order valence-corrected chi connectivity index (χ0v) is 34.7. The van der Waals surface area contributed by atoms with E-state index in [0.717, 1.165) is 0 Å². The third kappa shape index (κ3) is 6.68. The zero-order chi connectivity index (χ0) is 31.8. The molecule has 1 heterocycles. The Morgan fingerprint density at radius 1 is 0.275 bits per heavy atom. The second kappa shape index (κ2) is 13.8. The van der Waals surface area contributed by atoms with Crippen molar-refractivity contribution in [3.63, 3.8) is 0 Å². The van der Waals surface area contributed by atoms with E-state index in [2.05, 4.69) is 163 Å². The standard InChI is InChI=1S/C25H65N5O5Si5/c1-21(2)36(26(11)12)31-37(22(3)4,27(13)14)33-39(24(7)8,29(17)18)35-40(25(9)10,30(19)20)34-38(32-36,23(5)6)28(15)16/h21-25H,1-20H3. The van der Waals surface area contributed by atoms with Crippen molar-refractivity contribution in [3.8, 4) is 0 Å². The lowest BCUT2D eigenvalue weighted by Gasteiger charge is -2.60. The van der Waals surface area contributed by atoms with Crippen molar-refractivity contribution >= 4 is 43.6 Å². The molecule has 0 saturated carbocycles. The van der Waals surface area contributed by atoms with Crippen LogP contribution in [-0.4, -0.2) is 137 Å². The van der Waals surface area contributed by atoms with E-state index in [0.29, 0.717) is 0 Å². The molecule has 40 heavy (non-hydrogen) atoms. The summed E-state index contributed by atoms with van der Waals surface area (Å²) in [6, 6.07) is 0. The van der Waals surface area contributed by atoms with Crippen LogP contribution in [0.2, 0.25) is 27.7 Å². The van der Waals surface area contributed by atoms with E-state index in [-0.39, 0.29) is 27.7 Å². The van der Waals surface area contributed by atoms with Gasteiger partial charge in [-0.25, -0.2) is 0 Å². The van der Waals surface area contributed by atoms with Crippen LogP contribution >= 0.6 is 0 Å². The molecule has 1 aliphatic rings. The first-order valence-corrected chi connectivity index (χ1v) is 24.1. The summed E-state index contributed by atoms with van der Waals surface area (Å²) in [5.41, 5.74) is 0.533. The summed E-state index contributed by atoms with van der Waals surface area (Å²) in [5.74, 6) is 0. The first kappa shape index (κ1) is 38.7. The molecule has 0 radical (unpaired) electrons.